The van der Waals surface area contributed by atoms with Crippen molar-refractivity contribution in [3.8, 4) is 5.75 Å². The molecule has 0 radical (unpaired) electrons. The topological polar surface area (TPSA) is 84.6 Å². The minimum atomic E-state index is -0.994. The summed E-state index contributed by atoms with van der Waals surface area (Å²) in [6.45, 7) is 6.90. The molecule has 5 heteroatoms. The number of hydrogen-bond donors (Lipinski definition) is 3. The molecule has 0 heterocycles. The molecule has 106 valence electrons. The second-order valence-electron chi connectivity index (χ2n) is 4.71. The monoisotopic (exact) mass is 266 g/mol. The number of aliphatic carboxylic acids is 1. The fourth-order valence-corrected chi connectivity index (χ4v) is 2.09. The van der Waals surface area contributed by atoms with Crippen LogP contribution >= 0.6 is 0 Å². The fourth-order valence-electron chi connectivity index (χ4n) is 2.09. The average molecular weight is 266 g/mol. The number of hydrogen-bond acceptors (Lipinski definition) is 4. The molecule has 1 aromatic rings. The Morgan fingerprint density at radius 2 is 2.05 bits per heavy atom. The molecule has 0 amide bonds. The zero-order valence-corrected chi connectivity index (χ0v) is 11.9. The number of carbonyl (C=O) groups is 1. The Morgan fingerprint density at radius 3 is 2.58 bits per heavy atom. The Bertz CT molecular complexity index is 472. The first-order chi connectivity index (χ1) is 8.88. The molecule has 1 atom stereocenters. The molecule has 5 nitrogen and oxygen atoms in total. The third kappa shape index (κ3) is 3.68. The molecule has 4 N–H and O–H groups in total. The first-order valence-electron chi connectivity index (χ1n) is 6.21. The molecule has 0 bridgehead atoms. The van der Waals surface area contributed by atoms with Gasteiger partial charge < -0.3 is 20.9 Å². The van der Waals surface area contributed by atoms with E-state index in [1.54, 1.807) is 7.11 Å². The highest BCUT2D eigenvalue weighted by molar-refractivity contribution is 5.73. The van der Waals surface area contributed by atoms with Gasteiger partial charge in [-0.2, -0.15) is 0 Å². The Morgan fingerprint density at radius 1 is 1.42 bits per heavy atom. The van der Waals surface area contributed by atoms with Crippen molar-refractivity contribution < 1.29 is 14.6 Å². The number of ether oxygens (including phenoxy) is 1. The highest BCUT2D eigenvalue weighted by atomic mass is 16.5. The first-order valence-corrected chi connectivity index (χ1v) is 6.21. The molecule has 1 unspecified atom stereocenters. The zero-order chi connectivity index (χ0) is 14.6. The van der Waals surface area contributed by atoms with E-state index in [1.165, 1.54) is 0 Å². The van der Waals surface area contributed by atoms with E-state index < -0.39 is 12.0 Å². The molecule has 1 aromatic carbocycles. The van der Waals surface area contributed by atoms with Crippen molar-refractivity contribution in [1.82, 2.24) is 5.32 Å². The van der Waals surface area contributed by atoms with Gasteiger partial charge in [-0.1, -0.05) is 6.07 Å². The second-order valence-corrected chi connectivity index (χ2v) is 4.71. The molecule has 1 rings (SSSR count). The molecule has 19 heavy (non-hydrogen) atoms. The number of methoxy groups -OCH3 is 1. The summed E-state index contributed by atoms with van der Waals surface area (Å²) in [5.74, 6) is -0.0881. The normalized spacial score (nSPS) is 12.3. The van der Waals surface area contributed by atoms with Crippen molar-refractivity contribution in [3.05, 3.63) is 28.3 Å². The average Bonchev–Trinajstić information content (AvgIpc) is 2.35. The first kappa shape index (κ1) is 15.5. The van der Waals surface area contributed by atoms with Crippen LogP contribution in [0.5, 0.6) is 5.75 Å². The van der Waals surface area contributed by atoms with Crippen LogP contribution in [-0.4, -0.2) is 30.8 Å². The lowest BCUT2D eigenvalue weighted by molar-refractivity contribution is -0.138. The minimum Gasteiger partial charge on any atom is -0.496 e. The molecular formula is C14H22N2O3. The van der Waals surface area contributed by atoms with Gasteiger partial charge in [-0.05, 0) is 43.0 Å². The van der Waals surface area contributed by atoms with Crippen LogP contribution < -0.4 is 15.8 Å². The summed E-state index contributed by atoms with van der Waals surface area (Å²) < 4.78 is 5.37. The fraction of sp³-hybridized carbons (Fsp3) is 0.500. The number of benzene rings is 1. The number of carboxylic acid groups (broad SMARTS) is 1. The summed E-state index contributed by atoms with van der Waals surface area (Å²) in [6, 6.07) is 1.18. The van der Waals surface area contributed by atoms with Gasteiger partial charge in [0.1, 0.15) is 11.8 Å². The molecule has 0 aromatic heterocycles. The number of nitrogens with two attached hydrogens (primary N) is 1. The summed E-state index contributed by atoms with van der Waals surface area (Å²) in [5, 5.41) is 11.8. The van der Waals surface area contributed by atoms with E-state index in [1.807, 2.05) is 20.8 Å². The molecule has 0 saturated carbocycles. The smallest absolute Gasteiger partial charge is 0.321 e. The summed E-state index contributed by atoms with van der Waals surface area (Å²) >= 11 is 0. The van der Waals surface area contributed by atoms with Crippen LogP contribution in [0.15, 0.2) is 6.07 Å². The third-order valence-corrected chi connectivity index (χ3v) is 3.33. The largest absolute Gasteiger partial charge is 0.496 e. The second kappa shape index (κ2) is 6.54. The van der Waals surface area contributed by atoms with E-state index in [0.717, 1.165) is 28.0 Å². The lowest BCUT2D eigenvalue weighted by Gasteiger charge is -2.16. The lowest BCUT2D eigenvalue weighted by atomic mass is 9.98. The van der Waals surface area contributed by atoms with Crippen LogP contribution in [0, 0.1) is 20.8 Å². The zero-order valence-electron chi connectivity index (χ0n) is 11.9. The number of aryl methyl sites for hydroxylation is 1. The van der Waals surface area contributed by atoms with Gasteiger partial charge >= 0.3 is 5.97 Å². The van der Waals surface area contributed by atoms with E-state index >= 15 is 0 Å². The quantitative estimate of drug-likeness (QED) is 0.718. The van der Waals surface area contributed by atoms with Crippen molar-refractivity contribution in [2.45, 2.75) is 33.4 Å². The number of nitrogens with one attached hydrogen (secondary N) is 1. The number of rotatable bonds is 6. The van der Waals surface area contributed by atoms with Crippen LogP contribution in [0.25, 0.3) is 0 Å². The van der Waals surface area contributed by atoms with Gasteiger partial charge in [-0.3, -0.25) is 4.79 Å². The van der Waals surface area contributed by atoms with Crippen molar-refractivity contribution >= 4 is 5.97 Å². The Labute approximate surface area is 113 Å². The number of carboxylic acids is 1. The third-order valence-electron chi connectivity index (χ3n) is 3.33. The maximum absolute atomic E-state index is 10.6. The SMILES string of the molecule is COc1c(C)cc(CNCC(N)C(=O)O)c(C)c1C. The molecule has 0 saturated heterocycles. The van der Waals surface area contributed by atoms with Crippen LogP contribution in [-0.2, 0) is 11.3 Å². The van der Waals surface area contributed by atoms with Crippen molar-refractivity contribution in [2.75, 3.05) is 13.7 Å². The highest BCUT2D eigenvalue weighted by Crippen LogP contribution is 2.28. The van der Waals surface area contributed by atoms with Gasteiger partial charge in [0.05, 0.1) is 7.11 Å². The molecule has 0 spiro atoms. The van der Waals surface area contributed by atoms with E-state index in [9.17, 15) is 4.79 Å². The minimum absolute atomic E-state index is 0.249. The summed E-state index contributed by atoms with van der Waals surface area (Å²) in [6.07, 6.45) is 0. The van der Waals surface area contributed by atoms with Crippen LogP contribution in [0.4, 0.5) is 0 Å². The van der Waals surface area contributed by atoms with Crippen LogP contribution in [0.3, 0.4) is 0 Å². The van der Waals surface area contributed by atoms with E-state index in [4.69, 9.17) is 15.6 Å². The summed E-state index contributed by atoms with van der Waals surface area (Å²) in [4.78, 5) is 10.6. The Kier molecular flexibility index (Phi) is 5.32. The van der Waals surface area contributed by atoms with Crippen molar-refractivity contribution in [2.24, 2.45) is 5.73 Å². The molecule has 0 aliphatic heterocycles. The van der Waals surface area contributed by atoms with Crippen LogP contribution in [0.1, 0.15) is 22.3 Å². The standard InChI is InChI=1S/C14H22N2O3/c1-8-5-11(6-16-7-12(15)14(17)18)9(2)10(3)13(8)19-4/h5,12,16H,6-7,15H2,1-4H3,(H,17,18). The maximum Gasteiger partial charge on any atom is 0.321 e. The van der Waals surface area contributed by atoms with E-state index in [2.05, 4.69) is 11.4 Å². The molecule has 0 aliphatic rings. The van der Waals surface area contributed by atoms with Gasteiger partial charge in [0, 0.05) is 13.1 Å². The van der Waals surface area contributed by atoms with Crippen LogP contribution in [0.2, 0.25) is 0 Å². The van der Waals surface area contributed by atoms with Gasteiger partial charge in [0.15, 0.2) is 0 Å². The van der Waals surface area contributed by atoms with Crippen molar-refractivity contribution in [3.63, 3.8) is 0 Å². The van der Waals surface area contributed by atoms with E-state index in [0.29, 0.717) is 6.54 Å². The van der Waals surface area contributed by atoms with Crippen molar-refractivity contribution in [1.29, 1.82) is 0 Å². The van der Waals surface area contributed by atoms with Gasteiger partial charge in [-0.15, -0.1) is 0 Å². The Hall–Kier alpha value is -1.59. The van der Waals surface area contributed by atoms with E-state index in [-0.39, 0.29) is 6.54 Å². The molecule has 0 aliphatic carbocycles. The van der Waals surface area contributed by atoms with Gasteiger partial charge in [0.2, 0.25) is 0 Å². The van der Waals surface area contributed by atoms with Gasteiger partial charge in [-0.25, -0.2) is 0 Å². The summed E-state index contributed by atoms with van der Waals surface area (Å²) in [7, 11) is 1.67. The highest BCUT2D eigenvalue weighted by Gasteiger charge is 2.13. The van der Waals surface area contributed by atoms with Gasteiger partial charge in [0.25, 0.3) is 0 Å². The molecular weight excluding hydrogens is 244 g/mol. The molecule has 0 fully saturated rings. The maximum atomic E-state index is 10.6. The predicted octanol–water partition coefficient (Wildman–Crippen LogP) is 1.12. The Balaban J connectivity index is 2.77. The predicted molar refractivity (Wildman–Crippen MR) is 74.5 cm³/mol. The lowest BCUT2D eigenvalue weighted by Crippen LogP contribution is -2.40. The summed E-state index contributed by atoms with van der Waals surface area (Å²) in [5.41, 5.74) is 9.91.